The molecule has 109 heavy (non-hydrogen) atoms. The maximum Gasteiger partial charge on any atom is 0.472 e. The second kappa shape index (κ2) is 81.2. The van der Waals surface area contributed by atoms with E-state index in [9.17, 15) is 43.2 Å². The van der Waals surface area contributed by atoms with Crippen LogP contribution in [0, 0.1) is 11.8 Å². The molecule has 0 amide bonds. The summed E-state index contributed by atoms with van der Waals surface area (Å²) >= 11 is 0. The lowest BCUT2D eigenvalue weighted by molar-refractivity contribution is -0.161. The van der Waals surface area contributed by atoms with Gasteiger partial charge in [0.05, 0.1) is 26.4 Å². The third kappa shape index (κ3) is 83.8. The summed E-state index contributed by atoms with van der Waals surface area (Å²) in [6.45, 7) is 9.68. The van der Waals surface area contributed by atoms with Crippen LogP contribution in [-0.2, 0) is 65.4 Å². The number of hydrogen-bond acceptors (Lipinski definition) is 15. The van der Waals surface area contributed by atoms with Crippen LogP contribution in [0.4, 0.5) is 0 Å². The van der Waals surface area contributed by atoms with Crippen molar-refractivity contribution in [2.75, 3.05) is 39.6 Å². The summed E-state index contributed by atoms with van der Waals surface area (Å²) in [6.07, 6.45) is 75.2. The maximum atomic E-state index is 13.2. The number of ether oxygens (including phenoxy) is 4. The Morgan fingerprint density at radius 3 is 0.624 bits per heavy atom. The molecule has 0 rings (SSSR count). The highest BCUT2D eigenvalue weighted by Gasteiger charge is 2.31. The largest absolute Gasteiger partial charge is 0.472 e. The molecule has 0 saturated carbocycles. The summed E-state index contributed by atoms with van der Waals surface area (Å²) in [4.78, 5) is 73.3. The van der Waals surface area contributed by atoms with Crippen molar-refractivity contribution in [3.63, 3.8) is 0 Å². The molecule has 0 spiro atoms. The van der Waals surface area contributed by atoms with Gasteiger partial charge >= 0.3 is 39.5 Å². The zero-order chi connectivity index (χ0) is 79.9. The summed E-state index contributed by atoms with van der Waals surface area (Å²) in [6, 6.07) is 0. The molecule has 0 radical (unpaired) electrons. The van der Waals surface area contributed by atoms with Crippen molar-refractivity contribution in [1.29, 1.82) is 0 Å². The molecule has 5 atom stereocenters. The molecule has 0 aromatic carbocycles. The molecule has 0 bridgehead atoms. The number of aliphatic hydroxyl groups excluding tert-OH is 1. The Morgan fingerprint density at radius 1 is 0.248 bits per heavy atom. The van der Waals surface area contributed by atoms with Crippen molar-refractivity contribution < 1.29 is 80.2 Å². The molecule has 0 heterocycles. The third-order valence-corrected chi connectivity index (χ3v) is 23.1. The molecule has 0 aromatic rings. The summed E-state index contributed by atoms with van der Waals surface area (Å²) in [5, 5.41) is 10.7. The topological polar surface area (TPSA) is 237 Å². The van der Waals surface area contributed by atoms with Crippen molar-refractivity contribution in [1.82, 2.24) is 0 Å². The highest BCUT2D eigenvalue weighted by Crippen LogP contribution is 2.45. The first-order chi connectivity index (χ1) is 52.9. The zero-order valence-electron chi connectivity index (χ0n) is 71.9. The van der Waals surface area contributed by atoms with Crippen LogP contribution < -0.4 is 0 Å². The molecule has 0 aliphatic heterocycles. The molecular weight excluding hydrogens is 1410 g/mol. The van der Waals surface area contributed by atoms with Crippen molar-refractivity contribution in [3.05, 3.63) is 0 Å². The van der Waals surface area contributed by atoms with Gasteiger partial charge in [0.2, 0.25) is 0 Å². The van der Waals surface area contributed by atoms with E-state index >= 15 is 0 Å². The average molecular weight is 1590 g/mol. The van der Waals surface area contributed by atoms with Crippen LogP contribution in [0.5, 0.6) is 0 Å². The van der Waals surface area contributed by atoms with Crippen molar-refractivity contribution >= 4 is 39.5 Å². The van der Waals surface area contributed by atoms with E-state index in [1.54, 1.807) is 0 Å². The normalized spacial score (nSPS) is 13.8. The van der Waals surface area contributed by atoms with Gasteiger partial charge in [-0.1, -0.05) is 433 Å². The molecule has 17 nitrogen and oxygen atoms in total. The van der Waals surface area contributed by atoms with Crippen LogP contribution in [-0.4, -0.2) is 96.7 Å². The van der Waals surface area contributed by atoms with Gasteiger partial charge in [0, 0.05) is 25.7 Å². The van der Waals surface area contributed by atoms with Gasteiger partial charge in [-0.05, 0) is 37.5 Å². The predicted molar refractivity (Wildman–Crippen MR) is 451 cm³/mol. The molecular formula is C90H176O17P2. The average Bonchev–Trinajstić information content (AvgIpc) is 0.898. The molecule has 0 aliphatic carbocycles. The number of unbranched alkanes of at least 4 members (excludes halogenated alkanes) is 59. The number of phosphoric ester groups is 2. The van der Waals surface area contributed by atoms with Crippen LogP contribution >= 0.6 is 15.6 Å². The van der Waals surface area contributed by atoms with E-state index in [-0.39, 0.29) is 25.7 Å². The van der Waals surface area contributed by atoms with Crippen LogP contribution in [0.2, 0.25) is 0 Å². The quantitative estimate of drug-likeness (QED) is 0.0222. The number of esters is 4. The summed E-state index contributed by atoms with van der Waals surface area (Å²) in [7, 11) is -9.93. The molecule has 648 valence electrons. The number of rotatable bonds is 89. The van der Waals surface area contributed by atoms with E-state index in [4.69, 9.17) is 37.0 Å². The van der Waals surface area contributed by atoms with E-state index < -0.39 is 97.5 Å². The van der Waals surface area contributed by atoms with E-state index in [0.717, 1.165) is 102 Å². The molecule has 2 unspecified atom stereocenters. The van der Waals surface area contributed by atoms with Gasteiger partial charge in [-0.2, -0.15) is 0 Å². The Hall–Kier alpha value is -1.94. The van der Waals surface area contributed by atoms with E-state index in [1.807, 2.05) is 0 Å². The van der Waals surface area contributed by atoms with Crippen LogP contribution in [0.25, 0.3) is 0 Å². The standard InChI is InChI=1S/C90H176O17P2/c1-7-9-11-13-15-17-19-21-23-25-27-28-33-36-40-44-48-54-60-66-72-87(92)100-78-85(106-89(94)74-68-63-56-50-46-42-38-34-30-29-31-35-39-43-47-52-58-64-70-82(3)4)80-104-108(96,97)102-76-84(91)77-103-109(98,99)105-81-86(79-101-88(93)73-67-61-57-51-53-59-65-71-83(5)6)107-90(95)75-69-62-55-49-45-41-37-32-26-24-22-20-18-16-14-12-10-8-2/h82-86,91H,7-81H2,1-6H3,(H,96,97)(H,98,99)/t84-,85-,86-/m1/s1. The van der Waals surface area contributed by atoms with E-state index in [1.165, 1.54) is 295 Å². The second-order valence-corrected chi connectivity index (χ2v) is 36.2. The minimum atomic E-state index is -4.97. The Kier molecular flexibility index (Phi) is 79.8. The number of phosphoric acid groups is 2. The van der Waals surface area contributed by atoms with Gasteiger partial charge in [0.1, 0.15) is 19.3 Å². The van der Waals surface area contributed by atoms with Gasteiger partial charge in [0.15, 0.2) is 12.2 Å². The first-order valence-electron chi connectivity index (χ1n) is 46.5. The Morgan fingerprint density at radius 2 is 0.422 bits per heavy atom. The monoisotopic (exact) mass is 1590 g/mol. The van der Waals surface area contributed by atoms with Gasteiger partial charge in [-0.25, -0.2) is 9.13 Å². The molecule has 0 saturated heterocycles. The number of aliphatic hydroxyl groups is 1. The molecule has 0 aliphatic rings. The first-order valence-corrected chi connectivity index (χ1v) is 49.5. The Balaban J connectivity index is 5.22. The van der Waals surface area contributed by atoms with Crippen LogP contribution in [0.1, 0.15) is 485 Å². The second-order valence-electron chi connectivity index (χ2n) is 33.3. The Bertz CT molecular complexity index is 2080. The summed E-state index contributed by atoms with van der Waals surface area (Å²) in [5.41, 5.74) is 0. The van der Waals surface area contributed by atoms with E-state index in [0.29, 0.717) is 31.6 Å². The van der Waals surface area contributed by atoms with Crippen molar-refractivity contribution in [2.24, 2.45) is 11.8 Å². The predicted octanol–water partition coefficient (Wildman–Crippen LogP) is 27.8. The molecule has 3 N–H and O–H groups in total. The SMILES string of the molecule is CCCCCCCCCCCCCCCCCCCCCCC(=O)OC[C@H](COP(=O)(O)OC[C@@H](O)COP(=O)(O)OC[C@@H](COC(=O)CCCCCCCCCC(C)C)OC(=O)CCCCCCCCCCCCCCCCCCCC)OC(=O)CCCCCCCCCCCCCCCCCCCCC(C)C. The highest BCUT2D eigenvalue weighted by molar-refractivity contribution is 7.47. The Labute approximate surface area is 670 Å². The fourth-order valence-electron chi connectivity index (χ4n) is 14.1. The number of hydrogen-bond donors (Lipinski definition) is 3. The van der Waals surface area contributed by atoms with Gasteiger partial charge in [0.25, 0.3) is 0 Å². The smallest absolute Gasteiger partial charge is 0.462 e. The minimum Gasteiger partial charge on any atom is -0.462 e. The minimum absolute atomic E-state index is 0.108. The lowest BCUT2D eigenvalue weighted by Crippen LogP contribution is -2.30. The molecule has 19 heteroatoms. The number of carbonyl (C=O) groups excluding carboxylic acids is 4. The van der Waals surface area contributed by atoms with Gasteiger partial charge in [-0.3, -0.25) is 37.3 Å². The highest BCUT2D eigenvalue weighted by atomic mass is 31.2. The maximum absolute atomic E-state index is 13.2. The lowest BCUT2D eigenvalue weighted by Gasteiger charge is -2.21. The first kappa shape index (κ1) is 107. The van der Waals surface area contributed by atoms with Crippen LogP contribution in [0.3, 0.4) is 0 Å². The fourth-order valence-corrected chi connectivity index (χ4v) is 15.7. The number of carbonyl (C=O) groups is 4. The lowest BCUT2D eigenvalue weighted by atomic mass is 10.0. The third-order valence-electron chi connectivity index (χ3n) is 21.2. The molecule has 0 aromatic heterocycles. The zero-order valence-corrected chi connectivity index (χ0v) is 73.7. The molecule has 0 fully saturated rings. The van der Waals surface area contributed by atoms with Crippen molar-refractivity contribution in [2.45, 2.75) is 503 Å². The van der Waals surface area contributed by atoms with Gasteiger partial charge in [-0.15, -0.1) is 0 Å². The fraction of sp³-hybridized carbons (Fsp3) is 0.956. The van der Waals surface area contributed by atoms with Gasteiger partial charge < -0.3 is 33.8 Å². The summed E-state index contributed by atoms with van der Waals surface area (Å²) in [5.74, 6) is -0.573. The summed E-state index contributed by atoms with van der Waals surface area (Å²) < 4.78 is 69.0. The van der Waals surface area contributed by atoms with Crippen molar-refractivity contribution in [3.8, 4) is 0 Å². The van der Waals surface area contributed by atoms with E-state index in [2.05, 4.69) is 41.5 Å². The van der Waals surface area contributed by atoms with Crippen LogP contribution in [0.15, 0.2) is 0 Å².